The molecule has 6 nitrogen and oxygen atoms in total. The molecule has 2 rings (SSSR count). The largest absolute Gasteiger partial charge is 0.376 e. The Morgan fingerprint density at radius 1 is 0.962 bits per heavy atom. The molecule has 1 amide bonds. The van der Waals surface area contributed by atoms with Crippen molar-refractivity contribution in [1.82, 2.24) is 9.62 Å². The first kappa shape index (κ1) is 19.9. The molecule has 0 heterocycles. The van der Waals surface area contributed by atoms with E-state index in [2.05, 4.69) is 10.6 Å². The summed E-state index contributed by atoms with van der Waals surface area (Å²) in [6, 6.07) is 16.1. The van der Waals surface area contributed by atoms with Crippen molar-refractivity contribution >= 4 is 21.6 Å². The molecular formula is C19H25N3O3S. The van der Waals surface area contributed by atoms with Crippen molar-refractivity contribution in [3.63, 3.8) is 0 Å². The van der Waals surface area contributed by atoms with Gasteiger partial charge in [-0.2, -0.15) is 4.31 Å². The topological polar surface area (TPSA) is 78.5 Å². The van der Waals surface area contributed by atoms with Crippen LogP contribution in [0.1, 0.15) is 19.4 Å². The Bertz CT molecular complexity index is 802. The number of carbonyl (C=O) groups is 1. The summed E-state index contributed by atoms with van der Waals surface area (Å²) in [7, 11) is -3.46. The van der Waals surface area contributed by atoms with Crippen LogP contribution < -0.4 is 10.6 Å². The van der Waals surface area contributed by atoms with Gasteiger partial charge in [-0.1, -0.05) is 44.2 Å². The zero-order valence-electron chi connectivity index (χ0n) is 15.1. The van der Waals surface area contributed by atoms with Crippen molar-refractivity contribution in [2.75, 3.05) is 25.0 Å². The number of anilines is 1. The second kappa shape index (κ2) is 9.35. The van der Waals surface area contributed by atoms with Gasteiger partial charge in [0.05, 0.1) is 11.4 Å². The molecule has 140 valence electrons. The highest BCUT2D eigenvalue weighted by atomic mass is 32.2. The molecule has 26 heavy (non-hydrogen) atoms. The normalized spacial score (nSPS) is 11.3. The van der Waals surface area contributed by atoms with Gasteiger partial charge in [0.2, 0.25) is 15.9 Å². The van der Waals surface area contributed by atoms with E-state index < -0.39 is 10.0 Å². The minimum absolute atomic E-state index is 0.120. The minimum atomic E-state index is -3.46. The molecule has 0 bridgehead atoms. The van der Waals surface area contributed by atoms with Crippen molar-refractivity contribution < 1.29 is 13.2 Å². The summed E-state index contributed by atoms with van der Waals surface area (Å²) >= 11 is 0. The molecule has 0 unspecified atom stereocenters. The lowest BCUT2D eigenvalue weighted by Gasteiger charge is -2.18. The summed E-state index contributed by atoms with van der Waals surface area (Å²) in [6.07, 6.45) is 0. The molecule has 7 heteroatoms. The molecule has 0 aliphatic rings. The van der Waals surface area contributed by atoms with Crippen LogP contribution in [-0.4, -0.2) is 38.3 Å². The first-order chi connectivity index (χ1) is 12.5. The molecule has 0 atom stereocenters. The van der Waals surface area contributed by atoms with E-state index in [0.29, 0.717) is 25.3 Å². The highest BCUT2D eigenvalue weighted by Gasteiger charge is 2.21. The van der Waals surface area contributed by atoms with Gasteiger partial charge < -0.3 is 10.6 Å². The summed E-state index contributed by atoms with van der Waals surface area (Å²) in [5, 5.41) is 5.83. The Kier molecular flexibility index (Phi) is 7.17. The fourth-order valence-electron chi connectivity index (χ4n) is 2.50. The van der Waals surface area contributed by atoms with Crippen LogP contribution in [0, 0.1) is 0 Å². The van der Waals surface area contributed by atoms with Crippen LogP contribution in [0.3, 0.4) is 0 Å². The number of carbonyl (C=O) groups excluding carboxylic acids is 1. The number of rotatable bonds is 9. The fraction of sp³-hybridized carbons (Fsp3) is 0.316. The van der Waals surface area contributed by atoms with Crippen LogP contribution >= 0.6 is 0 Å². The zero-order valence-corrected chi connectivity index (χ0v) is 15.9. The Balaban J connectivity index is 1.88. The SMILES string of the molecule is CCN(CC)S(=O)(=O)c1ccc(NCC(=O)NCc2ccccc2)cc1. The number of hydrogen-bond acceptors (Lipinski definition) is 4. The average Bonchev–Trinajstić information content (AvgIpc) is 2.66. The standard InChI is InChI=1S/C19H25N3O3S/c1-3-22(4-2)26(24,25)18-12-10-17(11-13-18)20-15-19(23)21-14-16-8-6-5-7-9-16/h5-13,20H,3-4,14-15H2,1-2H3,(H,21,23). The summed E-state index contributed by atoms with van der Waals surface area (Å²) in [5.41, 5.74) is 1.73. The predicted molar refractivity (Wildman–Crippen MR) is 103 cm³/mol. The van der Waals surface area contributed by atoms with Gasteiger partial charge in [-0.25, -0.2) is 8.42 Å². The van der Waals surface area contributed by atoms with Crippen molar-refractivity contribution in [3.05, 3.63) is 60.2 Å². The molecule has 2 aromatic carbocycles. The monoisotopic (exact) mass is 375 g/mol. The first-order valence-electron chi connectivity index (χ1n) is 8.62. The smallest absolute Gasteiger partial charge is 0.243 e. The van der Waals surface area contributed by atoms with Crippen molar-refractivity contribution in [2.24, 2.45) is 0 Å². The average molecular weight is 375 g/mol. The summed E-state index contributed by atoms with van der Waals surface area (Å²) in [6.45, 7) is 5.08. The Morgan fingerprint density at radius 2 is 1.58 bits per heavy atom. The predicted octanol–water partition coefficient (Wildman–Crippen LogP) is 2.45. The Morgan fingerprint density at radius 3 is 2.15 bits per heavy atom. The van der Waals surface area contributed by atoms with E-state index in [4.69, 9.17) is 0 Å². The second-order valence-corrected chi connectivity index (χ2v) is 7.67. The van der Waals surface area contributed by atoms with Gasteiger partial charge in [0, 0.05) is 25.3 Å². The maximum absolute atomic E-state index is 12.4. The third-order valence-corrected chi connectivity index (χ3v) is 6.05. The van der Waals surface area contributed by atoms with Crippen LogP contribution in [-0.2, 0) is 21.4 Å². The van der Waals surface area contributed by atoms with Gasteiger partial charge in [0.15, 0.2) is 0 Å². The first-order valence-corrected chi connectivity index (χ1v) is 10.1. The number of nitrogens with zero attached hydrogens (tertiary/aromatic N) is 1. The van der Waals surface area contributed by atoms with Crippen LogP contribution in [0.15, 0.2) is 59.5 Å². The third-order valence-electron chi connectivity index (χ3n) is 3.98. The van der Waals surface area contributed by atoms with E-state index in [-0.39, 0.29) is 17.3 Å². The Hall–Kier alpha value is -2.38. The van der Waals surface area contributed by atoms with Crippen LogP contribution in [0.4, 0.5) is 5.69 Å². The second-order valence-electron chi connectivity index (χ2n) is 5.73. The van der Waals surface area contributed by atoms with E-state index in [0.717, 1.165) is 5.56 Å². The van der Waals surface area contributed by atoms with Gasteiger partial charge in [-0.05, 0) is 29.8 Å². The molecule has 2 aromatic rings. The Labute approximate surface area is 155 Å². The molecule has 0 aliphatic heterocycles. The lowest BCUT2D eigenvalue weighted by molar-refractivity contribution is -0.119. The molecule has 2 N–H and O–H groups in total. The van der Waals surface area contributed by atoms with Crippen molar-refractivity contribution in [3.8, 4) is 0 Å². The number of hydrogen-bond donors (Lipinski definition) is 2. The number of amides is 1. The lowest BCUT2D eigenvalue weighted by Crippen LogP contribution is -2.30. The summed E-state index contributed by atoms with van der Waals surface area (Å²) in [4.78, 5) is 12.2. The molecule has 0 saturated heterocycles. The third kappa shape index (κ3) is 5.31. The molecular weight excluding hydrogens is 350 g/mol. The number of benzene rings is 2. The van der Waals surface area contributed by atoms with E-state index in [1.807, 2.05) is 44.2 Å². The quantitative estimate of drug-likeness (QED) is 0.706. The highest BCUT2D eigenvalue weighted by Crippen LogP contribution is 2.18. The van der Waals surface area contributed by atoms with E-state index in [1.165, 1.54) is 4.31 Å². The molecule has 0 spiro atoms. The lowest BCUT2D eigenvalue weighted by atomic mass is 10.2. The van der Waals surface area contributed by atoms with Crippen molar-refractivity contribution in [1.29, 1.82) is 0 Å². The van der Waals surface area contributed by atoms with Gasteiger partial charge in [-0.3, -0.25) is 4.79 Å². The maximum Gasteiger partial charge on any atom is 0.243 e. The van der Waals surface area contributed by atoms with Crippen LogP contribution in [0.2, 0.25) is 0 Å². The van der Waals surface area contributed by atoms with Gasteiger partial charge in [-0.15, -0.1) is 0 Å². The van der Waals surface area contributed by atoms with E-state index in [9.17, 15) is 13.2 Å². The molecule has 0 saturated carbocycles. The molecule has 0 radical (unpaired) electrons. The van der Waals surface area contributed by atoms with E-state index >= 15 is 0 Å². The van der Waals surface area contributed by atoms with E-state index in [1.54, 1.807) is 24.3 Å². The number of nitrogens with one attached hydrogen (secondary N) is 2. The van der Waals surface area contributed by atoms with Crippen molar-refractivity contribution in [2.45, 2.75) is 25.3 Å². The molecule has 0 fully saturated rings. The van der Waals surface area contributed by atoms with Crippen LogP contribution in [0.5, 0.6) is 0 Å². The van der Waals surface area contributed by atoms with Gasteiger partial charge >= 0.3 is 0 Å². The minimum Gasteiger partial charge on any atom is -0.376 e. The van der Waals surface area contributed by atoms with Crippen LogP contribution in [0.25, 0.3) is 0 Å². The summed E-state index contributed by atoms with van der Waals surface area (Å²) in [5.74, 6) is -0.131. The van der Waals surface area contributed by atoms with Gasteiger partial charge in [0.1, 0.15) is 0 Å². The summed E-state index contributed by atoms with van der Waals surface area (Å²) < 4.78 is 26.3. The zero-order chi connectivity index (χ0) is 19.0. The van der Waals surface area contributed by atoms with Gasteiger partial charge in [0.25, 0.3) is 0 Å². The number of sulfonamides is 1. The molecule has 0 aliphatic carbocycles. The maximum atomic E-state index is 12.4. The molecule has 0 aromatic heterocycles. The highest BCUT2D eigenvalue weighted by molar-refractivity contribution is 7.89. The fourth-order valence-corrected chi connectivity index (χ4v) is 3.96.